The van der Waals surface area contributed by atoms with Crippen LogP contribution in [0.15, 0.2) is 78.0 Å². The Balaban J connectivity index is 1.69. The number of oxime groups is 1. The monoisotopic (exact) mass is 841 g/mol. The SMILES string of the molecule is C=CCO[C@@]12Oc3ccc(OC(=O)NCc4ccccc4)cc3[C@H]3[C@H](CCCCO)[C@@H](CCCCO)C=C(C(=NOCC)C[C@@H]1N(CCOCCO)C(=O)OCCCl)[C@H]32. The molecule has 5 rings (SSSR count). The van der Waals surface area contributed by atoms with Crippen LogP contribution >= 0.6 is 11.6 Å². The summed E-state index contributed by atoms with van der Waals surface area (Å²) in [6.45, 7) is 6.59. The number of nitrogens with one attached hydrogen (secondary N) is 1. The van der Waals surface area contributed by atoms with E-state index < -0.39 is 29.9 Å². The average Bonchev–Trinajstić information content (AvgIpc) is 3.25. The number of hydrogen-bond acceptors (Lipinski definition) is 12. The fourth-order valence-corrected chi connectivity index (χ4v) is 8.76. The van der Waals surface area contributed by atoms with Gasteiger partial charge in [-0.25, -0.2) is 9.59 Å². The molecule has 2 aromatic carbocycles. The van der Waals surface area contributed by atoms with E-state index in [1.807, 2.05) is 43.3 Å². The van der Waals surface area contributed by atoms with Crippen molar-refractivity contribution in [2.75, 3.05) is 65.3 Å². The van der Waals surface area contributed by atoms with Crippen LogP contribution in [0, 0.1) is 17.8 Å². The topological polar surface area (TPSA) is 178 Å². The number of aliphatic hydroxyl groups excluding tert-OH is 3. The number of benzene rings is 2. The molecule has 1 saturated carbocycles. The van der Waals surface area contributed by atoms with E-state index in [9.17, 15) is 24.9 Å². The van der Waals surface area contributed by atoms with Crippen LogP contribution in [0.25, 0.3) is 0 Å². The molecule has 0 spiro atoms. The van der Waals surface area contributed by atoms with Crippen molar-refractivity contribution in [2.45, 2.75) is 76.2 Å². The van der Waals surface area contributed by atoms with Crippen molar-refractivity contribution in [2.24, 2.45) is 22.9 Å². The van der Waals surface area contributed by atoms with Gasteiger partial charge in [-0.1, -0.05) is 60.5 Å². The number of aliphatic hydroxyl groups is 3. The summed E-state index contributed by atoms with van der Waals surface area (Å²) in [4.78, 5) is 34.6. The van der Waals surface area contributed by atoms with Gasteiger partial charge in [0.1, 0.15) is 30.8 Å². The molecule has 14 nitrogen and oxygen atoms in total. The standard InChI is InChI=1S/C44H60ClN3O11/c1-3-23-56-44-39(48(19-25-54-26-22-51)43(53)55-24-18-45)29-37(47-57-4-2)35-27-32(14-8-10-20-49)34(15-9-11-21-50)40(41(35)44)36-28-33(16-17-38(36)59-44)58-42(52)46-30-31-12-6-5-7-13-31/h3,5-7,12-13,16-17,27-28,32,34,39-41,49-51H,1,4,8-11,14-15,18-26,29-30H2,2H3,(H,46,52)/t32-,34+,39-,40+,41+,44+/m0/s1. The van der Waals surface area contributed by atoms with Gasteiger partial charge in [-0.05, 0) is 73.8 Å². The molecule has 6 atom stereocenters. The molecule has 59 heavy (non-hydrogen) atoms. The normalized spacial score (nSPS) is 23.6. The van der Waals surface area contributed by atoms with Crippen LogP contribution < -0.4 is 14.8 Å². The van der Waals surface area contributed by atoms with Crippen LogP contribution in [0.1, 0.15) is 68.9 Å². The number of nitrogens with zero attached hydrogens (tertiary/aromatic N) is 2. The van der Waals surface area contributed by atoms with E-state index in [-0.39, 0.29) is 89.4 Å². The Morgan fingerprint density at radius 1 is 1.03 bits per heavy atom. The Bertz CT molecular complexity index is 1710. The van der Waals surface area contributed by atoms with E-state index in [0.29, 0.717) is 36.7 Å². The van der Waals surface area contributed by atoms with Crippen molar-refractivity contribution >= 4 is 29.5 Å². The molecule has 4 N–H and O–H groups in total. The highest BCUT2D eigenvalue weighted by Gasteiger charge is 2.65. The summed E-state index contributed by atoms with van der Waals surface area (Å²) < 4.78 is 31.3. The zero-order valence-electron chi connectivity index (χ0n) is 34.0. The summed E-state index contributed by atoms with van der Waals surface area (Å²) >= 11 is 5.99. The number of allylic oxidation sites excluding steroid dienone is 1. The first-order chi connectivity index (χ1) is 28.8. The number of carbonyl (C=O) groups excluding carboxylic acids is 2. The Labute approximate surface area is 352 Å². The maximum atomic E-state index is 14.1. The molecule has 2 aromatic rings. The predicted molar refractivity (Wildman–Crippen MR) is 223 cm³/mol. The van der Waals surface area contributed by atoms with Crippen molar-refractivity contribution in [1.29, 1.82) is 0 Å². The molecule has 1 aliphatic heterocycles. The number of rotatable bonds is 24. The van der Waals surface area contributed by atoms with Crippen molar-refractivity contribution in [3.8, 4) is 11.5 Å². The third kappa shape index (κ3) is 11.6. The summed E-state index contributed by atoms with van der Waals surface area (Å²) in [6.07, 6.45) is 7.04. The summed E-state index contributed by atoms with van der Waals surface area (Å²) in [5.41, 5.74) is 3.21. The van der Waals surface area contributed by atoms with Crippen molar-refractivity contribution in [3.63, 3.8) is 0 Å². The third-order valence-corrected chi connectivity index (χ3v) is 11.2. The van der Waals surface area contributed by atoms with Crippen LogP contribution in [0.4, 0.5) is 9.59 Å². The molecule has 0 radical (unpaired) electrons. The second-order valence-electron chi connectivity index (χ2n) is 14.8. The molecule has 0 unspecified atom stereocenters. The van der Waals surface area contributed by atoms with E-state index in [1.165, 1.54) is 4.90 Å². The lowest BCUT2D eigenvalue weighted by Crippen LogP contribution is -2.70. The maximum absolute atomic E-state index is 14.1. The number of halogens is 1. The number of hydrogen-bond donors (Lipinski definition) is 4. The fourth-order valence-electron chi connectivity index (χ4n) is 8.68. The molecule has 0 aromatic heterocycles. The van der Waals surface area contributed by atoms with Gasteiger partial charge in [0.15, 0.2) is 0 Å². The van der Waals surface area contributed by atoms with Crippen LogP contribution in [0.5, 0.6) is 11.5 Å². The fraction of sp³-hybridized carbons (Fsp3) is 0.568. The van der Waals surface area contributed by atoms with Gasteiger partial charge in [-0.15, -0.1) is 18.2 Å². The Kier molecular flexibility index (Phi) is 18.3. The van der Waals surface area contributed by atoms with Crippen molar-refractivity contribution in [3.05, 3.63) is 84.0 Å². The Morgan fingerprint density at radius 2 is 1.81 bits per heavy atom. The lowest BCUT2D eigenvalue weighted by Gasteiger charge is -2.59. The van der Waals surface area contributed by atoms with E-state index in [0.717, 1.165) is 42.4 Å². The van der Waals surface area contributed by atoms with E-state index in [4.69, 9.17) is 40.1 Å². The van der Waals surface area contributed by atoms with Crippen LogP contribution in [-0.4, -0.2) is 115 Å². The van der Waals surface area contributed by atoms with E-state index in [1.54, 1.807) is 18.2 Å². The average molecular weight is 842 g/mol. The predicted octanol–water partition coefficient (Wildman–Crippen LogP) is 6.32. The first kappa shape index (κ1) is 45.9. The largest absolute Gasteiger partial charge is 0.459 e. The third-order valence-electron chi connectivity index (χ3n) is 11.1. The van der Waals surface area contributed by atoms with Crippen molar-refractivity contribution in [1.82, 2.24) is 10.2 Å². The van der Waals surface area contributed by atoms with Gasteiger partial charge in [0.25, 0.3) is 0 Å². The summed E-state index contributed by atoms with van der Waals surface area (Å²) in [5, 5.41) is 36.7. The number of ether oxygens (including phenoxy) is 5. The minimum absolute atomic E-state index is 0.0124. The highest BCUT2D eigenvalue weighted by Crippen LogP contribution is 2.62. The van der Waals surface area contributed by atoms with Gasteiger partial charge < -0.3 is 49.2 Å². The van der Waals surface area contributed by atoms with Crippen molar-refractivity contribution < 1.29 is 53.4 Å². The summed E-state index contributed by atoms with van der Waals surface area (Å²) in [7, 11) is 0. The molecule has 1 heterocycles. The first-order valence-corrected chi connectivity index (χ1v) is 21.3. The van der Waals surface area contributed by atoms with Gasteiger partial charge in [-0.3, -0.25) is 4.90 Å². The second kappa shape index (κ2) is 23.6. The van der Waals surface area contributed by atoms with Crippen LogP contribution in [0.3, 0.4) is 0 Å². The van der Waals surface area contributed by atoms with Gasteiger partial charge >= 0.3 is 12.2 Å². The molecule has 324 valence electrons. The maximum Gasteiger partial charge on any atom is 0.412 e. The molecule has 1 fully saturated rings. The molecular weight excluding hydrogens is 782 g/mol. The molecule has 2 aliphatic carbocycles. The number of carbonyl (C=O) groups is 2. The van der Waals surface area contributed by atoms with Gasteiger partial charge in [-0.2, -0.15) is 0 Å². The number of alkyl halides is 1. The Morgan fingerprint density at radius 3 is 2.53 bits per heavy atom. The van der Waals surface area contributed by atoms with Gasteiger partial charge in [0.2, 0.25) is 5.79 Å². The number of unbranched alkanes of at least 4 members (excludes halogenated alkanes) is 2. The molecule has 15 heteroatoms. The summed E-state index contributed by atoms with van der Waals surface area (Å²) in [6, 6.07) is 14.0. The number of amides is 2. The molecule has 0 saturated heterocycles. The first-order valence-electron chi connectivity index (χ1n) is 20.7. The smallest absolute Gasteiger partial charge is 0.412 e. The van der Waals surface area contributed by atoms with Crippen LogP contribution in [-0.2, 0) is 25.6 Å². The minimum atomic E-state index is -1.53. The summed E-state index contributed by atoms with van der Waals surface area (Å²) in [5.74, 6) is -1.56. The van der Waals surface area contributed by atoms with E-state index in [2.05, 4.69) is 23.1 Å². The lowest BCUT2D eigenvalue weighted by atomic mass is 9.55. The van der Waals surface area contributed by atoms with E-state index >= 15 is 0 Å². The number of fused-ring (bicyclic) bond motifs is 2. The zero-order chi connectivity index (χ0) is 42.0. The second-order valence-corrected chi connectivity index (χ2v) is 15.1. The van der Waals surface area contributed by atoms with Gasteiger partial charge in [0, 0.05) is 44.2 Å². The molecule has 0 bridgehead atoms. The highest BCUT2D eigenvalue weighted by molar-refractivity contribution is 6.18. The zero-order valence-corrected chi connectivity index (χ0v) is 34.7. The lowest BCUT2D eigenvalue weighted by molar-refractivity contribution is -0.256. The highest BCUT2D eigenvalue weighted by atomic mass is 35.5. The molecule has 3 aliphatic rings. The Hall–Kier alpha value is -4.18. The van der Waals surface area contributed by atoms with Crippen LogP contribution in [0.2, 0.25) is 0 Å². The van der Waals surface area contributed by atoms with Gasteiger partial charge in [0.05, 0.1) is 43.9 Å². The minimum Gasteiger partial charge on any atom is -0.459 e. The quantitative estimate of drug-likeness (QED) is 0.0403. The molecule has 2 amide bonds. The molecular formula is C44H60ClN3O11.